The van der Waals surface area contributed by atoms with Gasteiger partial charge in [0.2, 0.25) is 5.79 Å². The number of benzene rings is 2. The van der Waals surface area contributed by atoms with Gasteiger partial charge < -0.3 is 14.0 Å². The van der Waals surface area contributed by atoms with Crippen LogP contribution in [0.1, 0.15) is 30.9 Å². The van der Waals surface area contributed by atoms with Crippen molar-refractivity contribution in [3.63, 3.8) is 0 Å². The molecule has 27 heavy (non-hydrogen) atoms. The zero-order valence-corrected chi connectivity index (χ0v) is 15.8. The quantitative estimate of drug-likeness (QED) is 0.632. The molecule has 2 heterocycles. The van der Waals surface area contributed by atoms with Crippen molar-refractivity contribution >= 4 is 0 Å². The summed E-state index contributed by atoms with van der Waals surface area (Å²) in [6.07, 6.45) is 8.75. The Balaban J connectivity index is 1.58. The Morgan fingerprint density at radius 3 is 2.22 bits per heavy atom. The molecule has 1 aliphatic rings. The van der Waals surface area contributed by atoms with Crippen LogP contribution in [-0.4, -0.2) is 22.8 Å². The normalized spacial score (nSPS) is 16.3. The van der Waals surface area contributed by atoms with Gasteiger partial charge in [-0.05, 0) is 29.5 Å². The molecule has 0 atom stereocenters. The van der Waals surface area contributed by atoms with Crippen LogP contribution in [0.2, 0.25) is 0 Å². The van der Waals surface area contributed by atoms with Gasteiger partial charge in [0.1, 0.15) is 0 Å². The van der Waals surface area contributed by atoms with Crippen molar-refractivity contribution in [1.82, 2.24) is 9.55 Å². The second-order valence-corrected chi connectivity index (χ2v) is 7.06. The van der Waals surface area contributed by atoms with Crippen LogP contribution < -0.4 is 0 Å². The summed E-state index contributed by atoms with van der Waals surface area (Å²) in [6, 6.07) is 17.4. The van der Waals surface area contributed by atoms with Gasteiger partial charge >= 0.3 is 0 Å². The van der Waals surface area contributed by atoms with Crippen LogP contribution in [0.3, 0.4) is 0 Å². The number of imidazole rings is 1. The van der Waals surface area contributed by atoms with Gasteiger partial charge in [-0.15, -0.1) is 0 Å². The van der Waals surface area contributed by atoms with E-state index in [1.165, 1.54) is 23.1 Å². The minimum Gasteiger partial charge on any atom is -0.344 e. The molecule has 0 spiro atoms. The number of rotatable bonds is 6. The van der Waals surface area contributed by atoms with Gasteiger partial charge in [-0.25, -0.2) is 4.98 Å². The van der Waals surface area contributed by atoms with Crippen LogP contribution in [0.25, 0.3) is 11.1 Å². The molecular formula is C23H26N2O2. The minimum atomic E-state index is -0.748. The average molecular weight is 362 g/mol. The SMILES string of the molecule is CCCc1ccc(-c2ccc(C3(Cn4ccnc4)OCCCO3)cc2)cc1. The van der Waals surface area contributed by atoms with Crippen molar-refractivity contribution in [3.05, 3.63) is 78.4 Å². The summed E-state index contributed by atoms with van der Waals surface area (Å²) in [5.74, 6) is -0.748. The fraction of sp³-hybridized carbons (Fsp3) is 0.348. The Bertz CT molecular complexity index is 833. The van der Waals surface area contributed by atoms with Gasteiger partial charge in [0, 0.05) is 18.0 Å². The fourth-order valence-electron chi connectivity index (χ4n) is 3.61. The molecule has 0 N–H and O–H groups in total. The third-order valence-electron chi connectivity index (χ3n) is 5.06. The third kappa shape index (κ3) is 3.97. The number of nitrogens with zero attached hydrogens (tertiary/aromatic N) is 2. The van der Waals surface area contributed by atoms with Crippen LogP contribution in [0.15, 0.2) is 67.3 Å². The molecule has 0 bridgehead atoms. The van der Waals surface area contributed by atoms with E-state index in [-0.39, 0.29) is 0 Å². The molecule has 0 aliphatic carbocycles. The van der Waals surface area contributed by atoms with Crippen molar-refractivity contribution in [2.45, 2.75) is 38.5 Å². The number of aryl methyl sites for hydroxylation is 1. The summed E-state index contributed by atoms with van der Waals surface area (Å²) in [5.41, 5.74) is 4.87. The molecule has 4 heteroatoms. The van der Waals surface area contributed by atoms with Crippen LogP contribution in [0, 0.1) is 0 Å². The summed E-state index contributed by atoms with van der Waals surface area (Å²) in [6.45, 7) is 4.21. The van der Waals surface area contributed by atoms with E-state index in [9.17, 15) is 0 Å². The van der Waals surface area contributed by atoms with Gasteiger partial charge in [0.15, 0.2) is 0 Å². The molecule has 0 unspecified atom stereocenters. The number of aromatic nitrogens is 2. The van der Waals surface area contributed by atoms with E-state index >= 15 is 0 Å². The molecule has 1 aliphatic heterocycles. The zero-order chi connectivity index (χ0) is 18.5. The first kappa shape index (κ1) is 18.0. The Hall–Kier alpha value is -2.43. The van der Waals surface area contributed by atoms with E-state index in [1.54, 1.807) is 12.5 Å². The zero-order valence-electron chi connectivity index (χ0n) is 15.8. The maximum Gasteiger partial charge on any atom is 0.213 e. The highest BCUT2D eigenvalue weighted by Crippen LogP contribution is 2.34. The smallest absolute Gasteiger partial charge is 0.213 e. The Morgan fingerprint density at radius 2 is 1.63 bits per heavy atom. The lowest BCUT2D eigenvalue weighted by molar-refractivity contribution is -0.283. The number of ether oxygens (including phenoxy) is 2. The second kappa shape index (κ2) is 8.07. The van der Waals surface area contributed by atoms with E-state index in [4.69, 9.17) is 9.47 Å². The van der Waals surface area contributed by atoms with E-state index in [0.717, 1.165) is 18.4 Å². The molecule has 0 radical (unpaired) electrons. The van der Waals surface area contributed by atoms with Crippen LogP contribution in [-0.2, 0) is 28.2 Å². The Labute approximate surface area is 160 Å². The topological polar surface area (TPSA) is 36.3 Å². The van der Waals surface area contributed by atoms with E-state index in [1.807, 2.05) is 10.8 Å². The maximum atomic E-state index is 6.14. The number of hydrogen-bond acceptors (Lipinski definition) is 3. The van der Waals surface area contributed by atoms with E-state index in [2.05, 4.69) is 60.4 Å². The predicted molar refractivity (Wildman–Crippen MR) is 106 cm³/mol. The summed E-state index contributed by atoms with van der Waals surface area (Å²) >= 11 is 0. The predicted octanol–water partition coefficient (Wildman–Crippen LogP) is 4.79. The van der Waals surface area contributed by atoms with Crippen molar-refractivity contribution in [2.75, 3.05) is 13.2 Å². The standard InChI is InChI=1S/C23H26N2O2/c1-2-4-19-5-7-20(8-6-19)21-9-11-22(12-10-21)23(26-15-3-16-27-23)17-25-14-13-24-18-25/h5-14,18H,2-4,15-17H2,1H3. The lowest BCUT2D eigenvalue weighted by atomic mass is 9.98. The first-order valence-corrected chi connectivity index (χ1v) is 9.72. The van der Waals surface area contributed by atoms with Crippen LogP contribution in [0.5, 0.6) is 0 Å². The Kier molecular flexibility index (Phi) is 5.37. The summed E-state index contributed by atoms with van der Waals surface area (Å²) < 4.78 is 14.3. The molecule has 140 valence electrons. The third-order valence-corrected chi connectivity index (χ3v) is 5.06. The maximum absolute atomic E-state index is 6.14. The molecule has 0 amide bonds. The van der Waals surface area contributed by atoms with Gasteiger partial charge in [0.25, 0.3) is 0 Å². The number of hydrogen-bond donors (Lipinski definition) is 0. The summed E-state index contributed by atoms with van der Waals surface area (Å²) in [7, 11) is 0. The van der Waals surface area contributed by atoms with Crippen molar-refractivity contribution < 1.29 is 9.47 Å². The molecule has 0 saturated carbocycles. The molecule has 3 aromatic rings. The fourth-order valence-corrected chi connectivity index (χ4v) is 3.61. The molecule has 1 saturated heterocycles. The van der Waals surface area contributed by atoms with E-state index in [0.29, 0.717) is 19.8 Å². The van der Waals surface area contributed by atoms with Crippen LogP contribution >= 0.6 is 0 Å². The molecule has 4 rings (SSSR count). The molecule has 2 aromatic carbocycles. The second-order valence-electron chi connectivity index (χ2n) is 7.06. The average Bonchev–Trinajstić information content (AvgIpc) is 3.22. The van der Waals surface area contributed by atoms with Crippen molar-refractivity contribution in [1.29, 1.82) is 0 Å². The molecular weight excluding hydrogens is 336 g/mol. The Morgan fingerprint density at radius 1 is 0.963 bits per heavy atom. The summed E-state index contributed by atoms with van der Waals surface area (Å²) in [5, 5.41) is 0. The molecule has 1 aromatic heterocycles. The van der Waals surface area contributed by atoms with E-state index < -0.39 is 5.79 Å². The van der Waals surface area contributed by atoms with Gasteiger partial charge in [-0.3, -0.25) is 0 Å². The highest BCUT2D eigenvalue weighted by Gasteiger charge is 2.37. The lowest BCUT2D eigenvalue weighted by Gasteiger charge is -2.37. The minimum absolute atomic E-state index is 0.595. The lowest BCUT2D eigenvalue weighted by Crippen LogP contribution is -2.41. The van der Waals surface area contributed by atoms with Gasteiger partial charge in [0.05, 0.1) is 26.1 Å². The van der Waals surface area contributed by atoms with Crippen molar-refractivity contribution in [3.8, 4) is 11.1 Å². The first-order valence-electron chi connectivity index (χ1n) is 9.72. The highest BCUT2D eigenvalue weighted by atomic mass is 16.7. The monoisotopic (exact) mass is 362 g/mol. The molecule has 1 fully saturated rings. The summed E-state index contributed by atoms with van der Waals surface area (Å²) in [4.78, 5) is 4.14. The largest absolute Gasteiger partial charge is 0.344 e. The highest BCUT2D eigenvalue weighted by molar-refractivity contribution is 5.64. The van der Waals surface area contributed by atoms with Crippen molar-refractivity contribution in [2.24, 2.45) is 0 Å². The van der Waals surface area contributed by atoms with Gasteiger partial charge in [-0.1, -0.05) is 61.9 Å². The first-order chi connectivity index (χ1) is 13.3. The van der Waals surface area contributed by atoms with Gasteiger partial charge in [-0.2, -0.15) is 0 Å². The molecule has 4 nitrogen and oxygen atoms in total. The van der Waals surface area contributed by atoms with Crippen LogP contribution in [0.4, 0.5) is 0 Å².